The van der Waals surface area contributed by atoms with Crippen LogP contribution in [0, 0.1) is 17.3 Å². The van der Waals surface area contributed by atoms with E-state index in [1.165, 1.54) is 11.1 Å². The van der Waals surface area contributed by atoms with Crippen LogP contribution in [-0.4, -0.2) is 57.8 Å². The van der Waals surface area contributed by atoms with Crippen LogP contribution in [0.15, 0.2) is 18.2 Å². The third-order valence-corrected chi connectivity index (χ3v) is 7.18. The van der Waals surface area contributed by atoms with E-state index in [4.69, 9.17) is 9.84 Å². The summed E-state index contributed by atoms with van der Waals surface area (Å²) in [4.78, 5) is 22.2. The monoisotopic (exact) mass is 382 g/mol. The van der Waals surface area contributed by atoms with Crippen molar-refractivity contribution in [3.8, 4) is 5.75 Å². The van der Waals surface area contributed by atoms with Crippen molar-refractivity contribution in [2.45, 2.75) is 63.9 Å². The molecule has 0 unspecified atom stereocenters. The minimum absolute atomic E-state index is 0. The Labute approximate surface area is 181 Å². The second kappa shape index (κ2) is 7.86. The number of aliphatic hydroxyl groups excluding tert-OH is 1. The minimum atomic E-state index is -1.18. The number of aliphatic hydroxyl groups is 1. The molecule has 1 aromatic rings. The molecule has 0 bridgehead atoms. The molecule has 0 aliphatic heterocycles. The first-order chi connectivity index (χ1) is 12.4. The fourth-order valence-electron chi connectivity index (χ4n) is 5.89. The third kappa shape index (κ3) is 3.71. The number of ether oxygens (including phenoxy) is 1. The van der Waals surface area contributed by atoms with Gasteiger partial charge in [0.15, 0.2) is 0 Å². The van der Waals surface area contributed by atoms with Gasteiger partial charge in [0, 0.05) is 0 Å². The fraction of sp³-hybridized carbons (Fsp3) is 0.619. The molecular weight excluding hydrogens is 355 g/mol. The molecule has 2 saturated carbocycles. The van der Waals surface area contributed by atoms with Crippen molar-refractivity contribution in [2.75, 3.05) is 0 Å². The maximum atomic E-state index is 11.6. The van der Waals surface area contributed by atoms with E-state index in [-0.39, 0.29) is 41.1 Å². The molecule has 0 radical (unpaired) electrons. The van der Waals surface area contributed by atoms with Crippen LogP contribution < -0.4 is 4.74 Å². The summed E-state index contributed by atoms with van der Waals surface area (Å²) >= 11 is 0. The van der Waals surface area contributed by atoms with Crippen molar-refractivity contribution in [2.24, 2.45) is 17.3 Å². The molecule has 0 saturated heterocycles. The van der Waals surface area contributed by atoms with Crippen LogP contribution in [0.3, 0.4) is 0 Å². The van der Waals surface area contributed by atoms with Crippen LogP contribution in [0.2, 0.25) is 0 Å². The third-order valence-electron chi connectivity index (χ3n) is 7.18. The van der Waals surface area contributed by atoms with E-state index in [1.54, 1.807) is 6.07 Å². The molecule has 3 aliphatic carbocycles. The predicted octanol–water partition coefficient (Wildman–Crippen LogP) is 2.64. The number of carboxylic acid groups (broad SMARTS) is 1. The molecule has 27 heavy (non-hydrogen) atoms. The van der Waals surface area contributed by atoms with Crippen molar-refractivity contribution >= 4 is 41.5 Å². The molecule has 1 aromatic carbocycles. The Hall–Kier alpha value is -0.880. The normalized spacial score (nSPS) is 33.9. The van der Waals surface area contributed by atoms with Crippen molar-refractivity contribution in [1.29, 1.82) is 0 Å². The molecule has 5 nitrogen and oxygen atoms in total. The number of hydrogen-bond donors (Lipinski definition) is 2. The van der Waals surface area contributed by atoms with Gasteiger partial charge in [0.2, 0.25) is 0 Å². The maximum absolute atomic E-state index is 11.6. The topological polar surface area (TPSA) is 83.8 Å². The van der Waals surface area contributed by atoms with Crippen LogP contribution in [0.4, 0.5) is 0 Å². The molecule has 5 atom stereocenters. The van der Waals surface area contributed by atoms with E-state index in [9.17, 15) is 14.7 Å². The fourth-order valence-corrected chi connectivity index (χ4v) is 5.89. The number of esters is 1. The Kier molecular flexibility index (Phi) is 6.07. The van der Waals surface area contributed by atoms with Crippen molar-refractivity contribution in [3.05, 3.63) is 29.3 Å². The summed E-state index contributed by atoms with van der Waals surface area (Å²) in [5.74, 6) is 0.256. The number of carbonyl (C=O) groups is 2. The van der Waals surface area contributed by atoms with Crippen molar-refractivity contribution in [1.82, 2.24) is 0 Å². The number of fused-ring (bicyclic) bond motifs is 5. The molecule has 0 aromatic heterocycles. The van der Waals surface area contributed by atoms with Gasteiger partial charge in [-0.2, -0.15) is 0 Å². The van der Waals surface area contributed by atoms with Gasteiger partial charge in [-0.25, -0.2) is 0 Å². The molecule has 2 N–H and O–H groups in total. The second-order valence-electron chi connectivity index (χ2n) is 8.46. The van der Waals surface area contributed by atoms with E-state index < -0.39 is 18.4 Å². The van der Waals surface area contributed by atoms with E-state index in [0.717, 1.165) is 38.5 Å². The van der Waals surface area contributed by atoms with Crippen LogP contribution in [0.5, 0.6) is 5.75 Å². The number of benzene rings is 1. The van der Waals surface area contributed by atoms with Gasteiger partial charge in [0.25, 0.3) is 0 Å². The number of aryl methyl sites for hydroxylation is 1. The first-order valence-electron chi connectivity index (χ1n) is 9.62. The number of carboxylic acids is 1. The zero-order valence-electron chi connectivity index (χ0n) is 15.1. The summed E-state index contributed by atoms with van der Waals surface area (Å²) in [6.45, 7) is 2.27. The summed E-state index contributed by atoms with van der Waals surface area (Å²) < 4.78 is 5.17. The molecule has 0 heterocycles. The van der Waals surface area contributed by atoms with Gasteiger partial charge in [-0.05, 0) is 85.0 Å². The molecule has 0 spiro atoms. The SMILES string of the molecule is C[C@]12CC[C@@H]3c4ccc(OC(=O)CC(=O)O)cc4CC[C@H]3[C@@H]1CC[C@H]2O.[NaH]. The number of rotatable bonds is 3. The zero-order chi connectivity index (χ0) is 18.5. The van der Waals surface area contributed by atoms with Gasteiger partial charge in [0.05, 0.1) is 6.10 Å². The van der Waals surface area contributed by atoms with E-state index in [2.05, 4.69) is 13.0 Å². The van der Waals surface area contributed by atoms with Gasteiger partial charge in [-0.1, -0.05) is 13.0 Å². The summed E-state index contributed by atoms with van der Waals surface area (Å²) in [5, 5.41) is 19.1. The first kappa shape index (κ1) is 20.8. The average Bonchev–Trinajstić information content (AvgIpc) is 2.89. The zero-order valence-corrected chi connectivity index (χ0v) is 15.1. The van der Waals surface area contributed by atoms with Crippen LogP contribution in [-0.2, 0) is 16.0 Å². The van der Waals surface area contributed by atoms with Crippen molar-refractivity contribution in [3.63, 3.8) is 0 Å². The molecule has 6 heteroatoms. The Morgan fingerprint density at radius 1 is 1.22 bits per heavy atom. The number of hydrogen-bond acceptors (Lipinski definition) is 4. The number of carbonyl (C=O) groups excluding carboxylic acids is 1. The number of aliphatic carboxylic acids is 1. The van der Waals surface area contributed by atoms with Crippen LogP contribution in [0.1, 0.15) is 62.5 Å². The quantitative estimate of drug-likeness (QED) is 0.363. The summed E-state index contributed by atoms with van der Waals surface area (Å²) in [6.07, 6.45) is 5.49. The van der Waals surface area contributed by atoms with Gasteiger partial charge >= 0.3 is 41.5 Å². The first-order valence-corrected chi connectivity index (χ1v) is 9.62. The van der Waals surface area contributed by atoms with E-state index in [0.29, 0.717) is 23.5 Å². The van der Waals surface area contributed by atoms with Gasteiger partial charge in [0.1, 0.15) is 12.2 Å². The summed E-state index contributed by atoms with van der Waals surface area (Å²) in [6, 6.07) is 5.75. The molecule has 0 amide bonds. The predicted molar refractivity (Wildman–Crippen MR) is 102 cm³/mol. The van der Waals surface area contributed by atoms with Gasteiger partial charge in [-0.3, -0.25) is 9.59 Å². The molecule has 3 aliphatic rings. The van der Waals surface area contributed by atoms with Gasteiger partial charge in [-0.15, -0.1) is 0 Å². The summed E-state index contributed by atoms with van der Waals surface area (Å²) in [5.41, 5.74) is 2.64. The molecule has 2 fully saturated rings. The van der Waals surface area contributed by atoms with Crippen molar-refractivity contribution < 1.29 is 24.5 Å². The van der Waals surface area contributed by atoms with Crippen LogP contribution >= 0.6 is 0 Å². The summed E-state index contributed by atoms with van der Waals surface area (Å²) in [7, 11) is 0. The Morgan fingerprint density at radius 2 is 2.00 bits per heavy atom. The average molecular weight is 382 g/mol. The molecular formula is C21H27NaO5. The van der Waals surface area contributed by atoms with E-state index >= 15 is 0 Å². The van der Waals surface area contributed by atoms with E-state index in [1.807, 2.05) is 6.07 Å². The van der Waals surface area contributed by atoms with Crippen LogP contribution in [0.25, 0.3) is 0 Å². The Morgan fingerprint density at radius 3 is 2.74 bits per heavy atom. The van der Waals surface area contributed by atoms with Gasteiger partial charge < -0.3 is 14.9 Å². The molecule has 4 rings (SSSR count). The molecule has 142 valence electrons. The second-order valence-corrected chi connectivity index (χ2v) is 8.46. The Bertz CT molecular complexity index is 748. The Balaban J connectivity index is 0.00000210. The standard InChI is InChI=1S/C21H26O5.Na.H/c1-21-9-8-15-14-5-3-13(26-20(25)11-19(23)24)10-12(14)2-4-16(15)17(21)6-7-18(21)22;;/h3,5,10,15-18,22H,2,4,6-9,11H2,1H3,(H,23,24);;/t15-,16-,17+,18-,21+;;/m1../s1.